The van der Waals surface area contributed by atoms with Crippen molar-refractivity contribution in [2.45, 2.75) is 612 Å². The van der Waals surface area contributed by atoms with Crippen LogP contribution in [0.1, 0.15) is 499 Å². The fraction of sp³-hybridized carbons (Fsp3) is 0.902. The summed E-state index contributed by atoms with van der Waals surface area (Å²) in [6.07, 6.45) is 32.9. The first kappa shape index (κ1) is 168. The van der Waals surface area contributed by atoms with Gasteiger partial charge in [-0.05, 0) is 378 Å². The van der Waals surface area contributed by atoms with Crippen molar-refractivity contribution in [1.29, 1.82) is 0 Å². The normalized spacial score (nSPS) is 13.4. The van der Waals surface area contributed by atoms with Crippen molar-refractivity contribution in [3.63, 3.8) is 0 Å². The van der Waals surface area contributed by atoms with Gasteiger partial charge in [0.2, 0.25) is 0 Å². The molecule has 2 aromatic carbocycles. The van der Waals surface area contributed by atoms with Crippen LogP contribution in [-0.2, 0) is 87.1 Å². The molecule has 4 saturated carbocycles. The minimum Gasteiger partial charge on any atom is -0.385 e. The predicted octanol–water partition coefficient (Wildman–Crippen LogP) is 36.4. The van der Waals surface area contributed by atoms with Gasteiger partial charge in [0.15, 0.2) is 0 Å². The molecule has 0 radical (unpaired) electrons. The van der Waals surface area contributed by atoms with E-state index in [-0.39, 0.29) is 22.3 Å². The highest BCUT2D eigenvalue weighted by atomic mass is 16.5. The molecule has 0 bridgehead atoms. The molecular weight excluding hydrogens is 1750 g/mol. The maximum atomic E-state index is 5.61. The summed E-state index contributed by atoms with van der Waals surface area (Å²) in [5, 5.41) is 0. The summed E-state index contributed by atoms with van der Waals surface area (Å²) in [4.78, 5) is 0. The van der Waals surface area contributed by atoms with Crippen LogP contribution >= 0.6 is 0 Å². The van der Waals surface area contributed by atoms with E-state index in [0.717, 1.165) is 161 Å². The summed E-state index contributed by atoms with van der Waals surface area (Å²) in [7, 11) is 3.40. The van der Waals surface area contributed by atoms with Crippen molar-refractivity contribution in [3.05, 3.63) is 71.3 Å². The van der Waals surface area contributed by atoms with Crippen molar-refractivity contribution in [2.24, 2.45) is 29.6 Å². The van der Waals surface area contributed by atoms with E-state index in [4.69, 9.17) is 80.5 Å². The average molecular weight is 2010 g/mol. The number of benzene rings is 2. The molecule has 0 aromatic heterocycles. The zero-order chi connectivity index (χ0) is 108. The van der Waals surface area contributed by atoms with Crippen LogP contribution in [0, 0.1) is 36.5 Å². The summed E-state index contributed by atoms with van der Waals surface area (Å²) < 4.78 is 89.5. The van der Waals surface area contributed by atoms with Gasteiger partial charge >= 0.3 is 0 Å². The van der Waals surface area contributed by atoms with Gasteiger partial charge in [0.1, 0.15) is 0 Å². The van der Waals surface area contributed by atoms with Crippen molar-refractivity contribution in [1.82, 2.24) is 0 Å². The Morgan fingerprint density at radius 1 is 0.293 bits per heavy atom. The van der Waals surface area contributed by atoms with Crippen LogP contribution in [-0.4, -0.2) is 209 Å². The molecule has 0 atom stereocenters. The largest absolute Gasteiger partial charge is 0.385 e. The molecule has 140 heavy (non-hydrogen) atoms. The third kappa shape index (κ3) is 197. The molecule has 856 valence electrons. The molecule has 0 amide bonds. The van der Waals surface area contributed by atoms with Crippen molar-refractivity contribution < 1.29 is 80.5 Å². The van der Waals surface area contributed by atoms with E-state index >= 15 is 0 Å². The second-order valence-corrected chi connectivity index (χ2v) is 42.3. The molecule has 7 rings (SSSR count). The SMILES string of the molecule is C.C.C.CC(C)C.CC(C)C.CC(C)COC(C)C.CC(C)OC(C)C.CC(C)OC1CCC1.CC(C)OC1CCCC1.CC(C)OC1CCOCC1.CC(C)OCC1CC1.CC(C)OCCC1CC1.CC(C)c1ccccc1.CCCOC(C)C.CCCOC(C)C.CCCOC(C)C.CCCOC(C)C.CCCOC(C)C.COC(C)C.COCCCOC(C)C.Cc1ccc(COC(C)C)cc1. The number of hydrogen-bond donors (Lipinski definition) is 0. The molecular formula is C123H262O17. The molecule has 5 fully saturated rings. The topological polar surface area (TPSA) is 157 Å². The van der Waals surface area contributed by atoms with Crippen molar-refractivity contribution in [3.8, 4) is 0 Å². The van der Waals surface area contributed by atoms with Gasteiger partial charge < -0.3 is 80.5 Å². The number of methoxy groups -OCH3 is 2. The van der Waals surface area contributed by atoms with Gasteiger partial charge in [0.05, 0.1) is 123 Å². The van der Waals surface area contributed by atoms with E-state index in [1.807, 2.05) is 75.3 Å². The van der Waals surface area contributed by atoms with E-state index in [1.165, 1.54) is 93.7 Å². The summed E-state index contributed by atoms with van der Waals surface area (Å²) in [5.41, 5.74) is 3.95. The Morgan fingerprint density at radius 2 is 0.586 bits per heavy atom. The van der Waals surface area contributed by atoms with Crippen LogP contribution in [0.15, 0.2) is 54.6 Å². The fourth-order valence-electron chi connectivity index (χ4n) is 9.99. The van der Waals surface area contributed by atoms with Gasteiger partial charge in [0, 0.05) is 93.5 Å². The molecule has 17 nitrogen and oxygen atoms in total. The fourth-order valence-corrected chi connectivity index (χ4v) is 9.99. The lowest BCUT2D eigenvalue weighted by atomic mass is 9.96. The van der Waals surface area contributed by atoms with Gasteiger partial charge in [0.25, 0.3) is 0 Å². The van der Waals surface area contributed by atoms with Gasteiger partial charge in [-0.2, -0.15) is 0 Å². The lowest BCUT2D eigenvalue weighted by Gasteiger charge is -2.27. The van der Waals surface area contributed by atoms with Crippen LogP contribution in [0.25, 0.3) is 0 Å². The van der Waals surface area contributed by atoms with E-state index in [1.54, 1.807) is 14.2 Å². The minimum absolute atomic E-state index is 0. The number of aryl methyl sites for hydroxylation is 1. The van der Waals surface area contributed by atoms with Crippen molar-refractivity contribution in [2.75, 3.05) is 93.5 Å². The highest BCUT2D eigenvalue weighted by molar-refractivity contribution is 5.20. The average Bonchev–Trinajstić information content (AvgIpc) is 1.82. The first-order valence-electron chi connectivity index (χ1n) is 55.5. The van der Waals surface area contributed by atoms with Crippen LogP contribution in [0.3, 0.4) is 0 Å². The molecule has 5 aliphatic rings. The lowest BCUT2D eigenvalue weighted by Crippen LogP contribution is -2.25. The minimum atomic E-state index is 0. The quantitative estimate of drug-likeness (QED) is 0.0577. The highest BCUT2D eigenvalue weighted by Crippen LogP contribution is 2.32. The zero-order valence-corrected chi connectivity index (χ0v) is 101. The number of hydrogen-bond acceptors (Lipinski definition) is 17. The molecule has 0 N–H and O–H groups in total. The van der Waals surface area contributed by atoms with E-state index in [0.29, 0.717) is 128 Å². The third-order valence-corrected chi connectivity index (χ3v) is 17.1. The summed E-state index contributed by atoms with van der Waals surface area (Å²) in [5.74, 6) is 4.92. The number of rotatable bonds is 43. The number of ether oxygens (including phenoxy) is 17. The molecule has 1 aliphatic heterocycles. The maximum absolute atomic E-state index is 5.61. The molecule has 1 saturated heterocycles. The Balaban J connectivity index is -0.000000100. The molecule has 1 heterocycles. The van der Waals surface area contributed by atoms with E-state index in [2.05, 4.69) is 312 Å². The van der Waals surface area contributed by atoms with Gasteiger partial charge in [-0.3, -0.25) is 0 Å². The van der Waals surface area contributed by atoms with Gasteiger partial charge in [-0.1, -0.05) is 212 Å². The molecule has 2 aromatic rings. The molecule has 17 heteroatoms. The second-order valence-electron chi connectivity index (χ2n) is 42.3. The first-order chi connectivity index (χ1) is 64.0. The summed E-state index contributed by atoms with van der Waals surface area (Å²) >= 11 is 0. The van der Waals surface area contributed by atoms with E-state index in [9.17, 15) is 0 Å². The van der Waals surface area contributed by atoms with Crippen LogP contribution in [0.2, 0.25) is 0 Å². The Bertz CT molecular complexity index is 2280. The van der Waals surface area contributed by atoms with Crippen LogP contribution < -0.4 is 0 Å². The Hall–Kier alpha value is -2.24. The molecule has 0 unspecified atom stereocenters. The maximum Gasteiger partial charge on any atom is 0.0720 e. The zero-order valence-electron chi connectivity index (χ0n) is 101. The standard InChI is InChI=1S/C11H16O.C9H12.C8H16O2.2C8H16O.C7H16O2.2C7H14O.C7H16O.6C6H14O.C4H10O.2C4H10.3CH4/c1-9(2)12-8-11-6-4-10(3)5-7-11;1-8(2)9-6-4-3-5-7-9;1-7(2)10-8-3-5-9-6-4-8;1-7(2)9-6-5-8-3-4-8;1-7(2)9-8-5-3-4-6-8;1-7(2)9-6-4-5-8-3;1-6(2)8-5-7-3-4-7;1-6(2)8-7-4-3-5-7;1-6(2)5-8-7(3)4;1-5(2)7-6(3)4;5*1-4-5-7-6(2)3;1-4(2)5-3;2*1-4(2)3;;;/h4-7,9H,8H2,1-3H3;3-8H,1-2H3;7-8H,3-6H2,1-2H3;2*7-8H,3-6H2,1-2H3;7H,4-6H2,1-3H3;2*6-7H,3-5H2,1-2H3;6-7H,5H2,1-4H3;5-6H,1-4H3;5*6H,4-5H2,1-3H3;4H,1-3H3;2*4H,1-3H3;3*1H4. The van der Waals surface area contributed by atoms with Gasteiger partial charge in [-0.15, -0.1) is 0 Å². The third-order valence-electron chi connectivity index (χ3n) is 17.1. The molecule has 0 spiro atoms. The summed E-state index contributed by atoms with van der Waals surface area (Å²) in [6.45, 7) is 112. The molecule has 4 aliphatic carbocycles. The monoisotopic (exact) mass is 2010 g/mol. The van der Waals surface area contributed by atoms with Crippen molar-refractivity contribution >= 4 is 0 Å². The second kappa shape index (κ2) is 127. The highest BCUT2D eigenvalue weighted by Gasteiger charge is 2.23. The summed E-state index contributed by atoms with van der Waals surface area (Å²) in [6, 6.07) is 19.0. The van der Waals surface area contributed by atoms with Crippen LogP contribution in [0.4, 0.5) is 0 Å². The smallest absolute Gasteiger partial charge is 0.0720 e. The first-order valence-corrected chi connectivity index (χ1v) is 55.5. The van der Waals surface area contributed by atoms with E-state index < -0.39 is 0 Å². The lowest BCUT2D eigenvalue weighted by molar-refractivity contribution is -0.0563. The van der Waals surface area contributed by atoms with Crippen LogP contribution in [0.5, 0.6) is 0 Å². The Kier molecular flexibility index (Phi) is 153. The predicted molar refractivity (Wildman–Crippen MR) is 621 cm³/mol. The Labute approximate surface area is 881 Å². The van der Waals surface area contributed by atoms with Gasteiger partial charge in [-0.25, -0.2) is 0 Å². The Morgan fingerprint density at radius 3 is 0.800 bits per heavy atom.